The summed E-state index contributed by atoms with van der Waals surface area (Å²) in [5, 5.41) is 3.09. The van der Waals surface area contributed by atoms with Gasteiger partial charge in [-0.15, -0.1) is 0 Å². The van der Waals surface area contributed by atoms with Crippen LogP contribution >= 0.6 is 0 Å². The predicted molar refractivity (Wildman–Crippen MR) is 145 cm³/mol. The minimum absolute atomic E-state index is 0.149. The molecule has 0 atom stereocenters. The second-order valence-corrected chi connectivity index (χ2v) is 11.6. The van der Waals surface area contributed by atoms with Crippen molar-refractivity contribution in [1.82, 2.24) is 19.8 Å². The molecule has 5 rings (SSSR count). The molecule has 2 aromatic rings. The number of anilines is 3. The maximum absolute atomic E-state index is 13.1. The Labute approximate surface area is 215 Å². The largest absolute Gasteiger partial charge is 0.373 e. The van der Waals surface area contributed by atoms with Crippen LogP contribution in [0.15, 0.2) is 36.7 Å². The summed E-state index contributed by atoms with van der Waals surface area (Å²) in [5.41, 5.74) is 2.83. The van der Waals surface area contributed by atoms with Crippen molar-refractivity contribution in [3.05, 3.63) is 42.2 Å². The number of likely N-dealkylation sites (N-methyl/N-ethyl adjacent to an activating group) is 1. The van der Waals surface area contributed by atoms with Crippen LogP contribution in [-0.2, 0) is 11.3 Å². The number of hydrogen-bond donors (Lipinski definition) is 1. The van der Waals surface area contributed by atoms with Gasteiger partial charge in [0.25, 0.3) is 0 Å². The van der Waals surface area contributed by atoms with E-state index in [0.717, 1.165) is 56.3 Å². The number of nitrogens with zero attached hydrogens (tertiary/aromatic N) is 6. The van der Waals surface area contributed by atoms with Crippen molar-refractivity contribution in [1.29, 1.82) is 0 Å². The highest BCUT2D eigenvalue weighted by atomic mass is 16.2. The van der Waals surface area contributed by atoms with Crippen LogP contribution in [0.1, 0.15) is 45.1 Å². The van der Waals surface area contributed by atoms with Gasteiger partial charge in [0.1, 0.15) is 18.0 Å². The summed E-state index contributed by atoms with van der Waals surface area (Å²) in [6.07, 6.45) is 5.99. The van der Waals surface area contributed by atoms with Crippen molar-refractivity contribution >= 4 is 23.2 Å². The number of piperazine rings is 1. The second kappa shape index (κ2) is 9.88. The number of nitrogens with one attached hydrogen (secondary N) is 1. The average Bonchev–Trinajstić information content (AvgIpc) is 2.89. The van der Waals surface area contributed by atoms with Gasteiger partial charge in [-0.05, 0) is 61.9 Å². The summed E-state index contributed by atoms with van der Waals surface area (Å²) in [5.74, 6) is 1.97. The summed E-state index contributed by atoms with van der Waals surface area (Å²) in [6.45, 7) is 11.2. The molecule has 0 bridgehead atoms. The molecule has 0 radical (unpaired) electrons. The lowest BCUT2D eigenvalue weighted by Crippen LogP contribution is -2.66. The minimum atomic E-state index is -0.149. The molecular formula is C28H41N7O. The lowest BCUT2D eigenvalue weighted by Gasteiger charge is -2.53. The number of carbonyl (C=O) groups is 1. The van der Waals surface area contributed by atoms with Crippen LogP contribution in [0.2, 0.25) is 0 Å². The molecule has 1 aromatic heterocycles. The molecule has 3 fully saturated rings. The topological polar surface area (TPSA) is 67.8 Å². The van der Waals surface area contributed by atoms with Crippen molar-refractivity contribution < 1.29 is 4.79 Å². The van der Waals surface area contributed by atoms with Gasteiger partial charge in [0.05, 0.1) is 12.1 Å². The highest BCUT2D eigenvalue weighted by Gasteiger charge is 2.45. The van der Waals surface area contributed by atoms with Crippen LogP contribution in [0.5, 0.6) is 0 Å². The Morgan fingerprint density at radius 1 is 0.944 bits per heavy atom. The number of rotatable bonds is 5. The molecule has 8 nitrogen and oxygen atoms in total. The van der Waals surface area contributed by atoms with E-state index >= 15 is 0 Å². The fourth-order valence-electron chi connectivity index (χ4n) is 5.92. The third-order valence-corrected chi connectivity index (χ3v) is 8.74. The third kappa shape index (κ3) is 5.14. The van der Waals surface area contributed by atoms with E-state index < -0.39 is 0 Å². The molecule has 3 saturated heterocycles. The number of likely N-dealkylation sites (tertiary alicyclic amines) is 1. The number of benzene rings is 1. The maximum atomic E-state index is 13.1. The molecule has 194 valence electrons. The monoisotopic (exact) mass is 491 g/mol. The Balaban J connectivity index is 1.23. The molecule has 4 heterocycles. The number of piperidine rings is 2. The van der Waals surface area contributed by atoms with E-state index in [1.54, 1.807) is 6.33 Å². The van der Waals surface area contributed by atoms with Gasteiger partial charge in [-0.2, -0.15) is 0 Å². The van der Waals surface area contributed by atoms with Crippen LogP contribution in [0.25, 0.3) is 0 Å². The zero-order valence-corrected chi connectivity index (χ0v) is 22.3. The number of amides is 1. The minimum Gasteiger partial charge on any atom is -0.373 e. The first-order valence-corrected chi connectivity index (χ1v) is 13.3. The zero-order chi connectivity index (χ0) is 25.3. The average molecular weight is 492 g/mol. The molecule has 1 amide bonds. The first-order chi connectivity index (χ1) is 17.3. The van der Waals surface area contributed by atoms with E-state index in [2.05, 4.69) is 68.1 Å². The van der Waals surface area contributed by atoms with E-state index in [1.807, 2.05) is 25.1 Å². The van der Waals surface area contributed by atoms with Crippen molar-refractivity contribution in [2.45, 2.75) is 51.6 Å². The quantitative estimate of drug-likeness (QED) is 0.687. The third-order valence-electron chi connectivity index (χ3n) is 8.74. The van der Waals surface area contributed by atoms with Crippen LogP contribution in [0.3, 0.4) is 0 Å². The van der Waals surface area contributed by atoms with Crippen LogP contribution in [-0.4, -0.2) is 84.6 Å². The van der Waals surface area contributed by atoms with E-state index in [1.165, 1.54) is 31.5 Å². The van der Waals surface area contributed by atoms with Crippen molar-refractivity contribution in [2.24, 2.45) is 5.41 Å². The Hall–Kier alpha value is -2.87. The fraction of sp³-hybridized carbons (Fsp3) is 0.607. The van der Waals surface area contributed by atoms with Crippen LogP contribution in [0.4, 0.5) is 17.3 Å². The van der Waals surface area contributed by atoms with E-state index in [4.69, 9.17) is 0 Å². The van der Waals surface area contributed by atoms with Crippen LogP contribution in [0, 0.1) is 5.41 Å². The summed E-state index contributed by atoms with van der Waals surface area (Å²) < 4.78 is 0. The summed E-state index contributed by atoms with van der Waals surface area (Å²) >= 11 is 0. The molecule has 1 N–H and O–H groups in total. The predicted octanol–water partition coefficient (Wildman–Crippen LogP) is 3.46. The first kappa shape index (κ1) is 24.8. The van der Waals surface area contributed by atoms with Gasteiger partial charge in [-0.25, -0.2) is 9.97 Å². The second-order valence-electron chi connectivity index (χ2n) is 11.6. The van der Waals surface area contributed by atoms with Gasteiger partial charge in [0.2, 0.25) is 5.91 Å². The Morgan fingerprint density at radius 3 is 2.31 bits per heavy atom. The van der Waals surface area contributed by atoms with Crippen LogP contribution < -0.4 is 15.1 Å². The van der Waals surface area contributed by atoms with Gasteiger partial charge >= 0.3 is 0 Å². The van der Waals surface area contributed by atoms with Gasteiger partial charge < -0.3 is 20.0 Å². The number of aromatic nitrogens is 2. The molecule has 1 spiro atoms. The maximum Gasteiger partial charge on any atom is 0.242 e. The highest BCUT2D eigenvalue weighted by molar-refractivity contribution is 5.84. The Kier molecular flexibility index (Phi) is 6.81. The normalized spacial score (nSPS) is 22.2. The summed E-state index contributed by atoms with van der Waals surface area (Å²) in [4.78, 5) is 31.0. The molecule has 3 aliphatic rings. The summed E-state index contributed by atoms with van der Waals surface area (Å²) in [6, 6.07) is 10.9. The molecule has 0 saturated carbocycles. The zero-order valence-electron chi connectivity index (χ0n) is 22.3. The standard InChI is InChI=1S/C28H41N7O/c1-27(2)9-13-33(14-10-27)18-22-5-7-23(8-6-22)35-19-26(36)32(4)28(20-35)11-15-34(16-12-28)25-17-24(29-3)30-21-31-25/h5-8,17,21H,9-16,18-20H2,1-4H3,(H,29,30,31). The smallest absolute Gasteiger partial charge is 0.242 e. The lowest BCUT2D eigenvalue weighted by molar-refractivity contribution is -0.137. The number of carbonyl (C=O) groups excluding carboxylic acids is 1. The van der Waals surface area contributed by atoms with Crippen molar-refractivity contribution in [3.63, 3.8) is 0 Å². The molecule has 0 unspecified atom stereocenters. The van der Waals surface area contributed by atoms with Crippen molar-refractivity contribution in [2.75, 3.05) is 68.5 Å². The molecule has 36 heavy (non-hydrogen) atoms. The lowest BCUT2D eigenvalue weighted by atomic mass is 9.82. The fourth-order valence-corrected chi connectivity index (χ4v) is 5.92. The highest BCUT2D eigenvalue weighted by Crippen LogP contribution is 2.36. The Morgan fingerprint density at radius 2 is 1.64 bits per heavy atom. The number of hydrogen-bond acceptors (Lipinski definition) is 7. The van der Waals surface area contributed by atoms with Gasteiger partial charge in [0, 0.05) is 52.0 Å². The molecule has 8 heteroatoms. The van der Waals surface area contributed by atoms with Gasteiger partial charge in [0.15, 0.2) is 0 Å². The molecule has 1 aromatic carbocycles. The van der Waals surface area contributed by atoms with Gasteiger partial charge in [-0.1, -0.05) is 26.0 Å². The van der Waals surface area contributed by atoms with Gasteiger partial charge in [-0.3, -0.25) is 9.69 Å². The van der Waals surface area contributed by atoms with E-state index in [0.29, 0.717) is 12.0 Å². The molecular weight excluding hydrogens is 450 g/mol. The van der Waals surface area contributed by atoms with E-state index in [-0.39, 0.29) is 11.4 Å². The van der Waals surface area contributed by atoms with E-state index in [9.17, 15) is 4.79 Å². The molecule has 3 aliphatic heterocycles. The SMILES string of the molecule is CNc1cc(N2CCC3(CC2)CN(c2ccc(CN4CCC(C)(C)CC4)cc2)CC(=O)N3C)ncn1. The Bertz CT molecular complexity index is 1050. The van der Waals surface area contributed by atoms with Crippen molar-refractivity contribution in [3.8, 4) is 0 Å². The first-order valence-electron chi connectivity index (χ1n) is 13.3. The molecule has 0 aliphatic carbocycles. The summed E-state index contributed by atoms with van der Waals surface area (Å²) in [7, 11) is 3.86.